The molecule has 1 aromatic heterocycles. The summed E-state index contributed by atoms with van der Waals surface area (Å²) in [6.45, 7) is 12.2. The Balaban J connectivity index is 1.53. The van der Waals surface area contributed by atoms with Crippen molar-refractivity contribution in [2.24, 2.45) is 16.8 Å². The van der Waals surface area contributed by atoms with Crippen molar-refractivity contribution in [3.63, 3.8) is 0 Å². The Morgan fingerprint density at radius 3 is 2.79 bits per heavy atom. The summed E-state index contributed by atoms with van der Waals surface area (Å²) < 4.78 is 0. The average Bonchev–Trinajstić information content (AvgIpc) is 3.38. The average molecular weight is 406 g/mol. The molecule has 1 aromatic rings. The predicted octanol–water partition coefficient (Wildman–Crippen LogP) is 3.42. The molecule has 2 fully saturated rings. The minimum atomic E-state index is 0.526. The van der Waals surface area contributed by atoms with Crippen molar-refractivity contribution in [1.82, 2.24) is 20.4 Å². The fraction of sp³-hybridized carbons (Fsp3) is 0.773. The normalized spacial score (nSPS) is 25.8. The molecule has 0 spiro atoms. The van der Waals surface area contributed by atoms with Gasteiger partial charge in [0.25, 0.3) is 0 Å². The Morgan fingerprint density at radius 2 is 2.07 bits per heavy atom. The van der Waals surface area contributed by atoms with Gasteiger partial charge in [-0.3, -0.25) is 9.89 Å². The Hall–Kier alpha value is -1.11. The van der Waals surface area contributed by atoms with Crippen LogP contribution in [0, 0.1) is 11.8 Å². The van der Waals surface area contributed by atoms with E-state index in [1.165, 1.54) is 56.7 Å². The highest BCUT2D eigenvalue weighted by molar-refractivity contribution is 7.10. The summed E-state index contributed by atoms with van der Waals surface area (Å²) in [4.78, 5) is 11.5. The van der Waals surface area contributed by atoms with E-state index in [4.69, 9.17) is 4.99 Å². The second-order valence-electron chi connectivity index (χ2n) is 8.56. The van der Waals surface area contributed by atoms with Gasteiger partial charge in [-0.2, -0.15) is 0 Å². The number of rotatable bonds is 8. The molecule has 0 aromatic carbocycles. The lowest BCUT2D eigenvalue weighted by Crippen LogP contribution is -2.45. The van der Waals surface area contributed by atoms with Gasteiger partial charge < -0.3 is 15.5 Å². The van der Waals surface area contributed by atoms with E-state index in [0.29, 0.717) is 17.9 Å². The van der Waals surface area contributed by atoms with Crippen LogP contribution < -0.4 is 10.6 Å². The molecule has 3 rings (SSSR count). The van der Waals surface area contributed by atoms with Gasteiger partial charge in [0.15, 0.2) is 5.96 Å². The highest BCUT2D eigenvalue weighted by Crippen LogP contribution is 2.36. The number of likely N-dealkylation sites (tertiary alicyclic amines) is 2. The van der Waals surface area contributed by atoms with Crippen LogP contribution in [0.4, 0.5) is 0 Å². The van der Waals surface area contributed by atoms with Crippen LogP contribution in [0.1, 0.15) is 50.4 Å². The van der Waals surface area contributed by atoms with Crippen LogP contribution in [-0.4, -0.2) is 68.6 Å². The van der Waals surface area contributed by atoms with Crippen molar-refractivity contribution in [3.8, 4) is 0 Å². The molecule has 3 unspecified atom stereocenters. The summed E-state index contributed by atoms with van der Waals surface area (Å²) in [7, 11) is 2.27. The van der Waals surface area contributed by atoms with Crippen molar-refractivity contribution < 1.29 is 0 Å². The zero-order chi connectivity index (χ0) is 19.8. The molecular formula is C22H39N5S. The summed E-state index contributed by atoms with van der Waals surface area (Å²) in [5.41, 5.74) is 0. The molecule has 0 amide bonds. The van der Waals surface area contributed by atoms with Gasteiger partial charge in [-0.1, -0.05) is 13.0 Å². The van der Waals surface area contributed by atoms with Gasteiger partial charge in [0.1, 0.15) is 0 Å². The van der Waals surface area contributed by atoms with Gasteiger partial charge >= 0.3 is 0 Å². The van der Waals surface area contributed by atoms with E-state index in [1.54, 1.807) is 0 Å². The molecule has 3 atom stereocenters. The van der Waals surface area contributed by atoms with E-state index in [9.17, 15) is 0 Å². The van der Waals surface area contributed by atoms with Gasteiger partial charge in [-0.15, -0.1) is 11.3 Å². The van der Waals surface area contributed by atoms with Gasteiger partial charge in [0, 0.05) is 37.1 Å². The zero-order valence-electron chi connectivity index (χ0n) is 18.0. The van der Waals surface area contributed by atoms with E-state index >= 15 is 0 Å². The molecule has 158 valence electrons. The number of piperidine rings is 1. The summed E-state index contributed by atoms with van der Waals surface area (Å²) in [5.74, 6) is 2.21. The molecule has 6 heteroatoms. The Morgan fingerprint density at radius 1 is 1.25 bits per heavy atom. The first-order valence-electron chi connectivity index (χ1n) is 11.2. The Kier molecular flexibility index (Phi) is 8.62. The van der Waals surface area contributed by atoms with E-state index in [-0.39, 0.29) is 0 Å². The molecule has 2 saturated heterocycles. The summed E-state index contributed by atoms with van der Waals surface area (Å²) >= 11 is 1.89. The monoisotopic (exact) mass is 405 g/mol. The molecule has 0 radical (unpaired) electrons. The van der Waals surface area contributed by atoms with Crippen molar-refractivity contribution in [2.45, 2.75) is 45.6 Å². The Bertz CT molecular complexity index is 582. The maximum absolute atomic E-state index is 4.90. The first-order chi connectivity index (χ1) is 13.7. The quantitative estimate of drug-likeness (QED) is 0.514. The summed E-state index contributed by atoms with van der Waals surface area (Å²) in [6.07, 6.45) is 5.29. The van der Waals surface area contributed by atoms with Crippen molar-refractivity contribution >= 4 is 17.3 Å². The number of aliphatic imine (C=N–C) groups is 1. The fourth-order valence-electron chi connectivity index (χ4n) is 4.66. The first kappa shape index (κ1) is 21.6. The van der Waals surface area contributed by atoms with Crippen molar-refractivity contribution in [3.05, 3.63) is 22.4 Å². The molecule has 2 aliphatic rings. The second-order valence-corrected chi connectivity index (χ2v) is 9.54. The molecule has 3 heterocycles. The summed E-state index contributed by atoms with van der Waals surface area (Å²) in [5, 5.41) is 9.31. The standard InChI is InChI=1S/C22H39N5S/c1-4-23-22(24-15-18(2)17-27-12-5-6-13-27)25-16-19-9-7-11-26(3)21(19)20-10-8-14-28-20/h8,10,14,18-19,21H,4-7,9,11-13,15-17H2,1-3H3,(H2,23,24,25). The van der Waals surface area contributed by atoms with E-state index in [2.05, 4.69) is 58.8 Å². The SMILES string of the molecule is CCNC(=NCC(C)CN1CCCC1)NCC1CCCN(C)C1c1cccs1. The molecule has 0 bridgehead atoms. The topological polar surface area (TPSA) is 42.9 Å². The number of hydrogen-bond donors (Lipinski definition) is 2. The largest absolute Gasteiger partial charge is 0.357 e. The lowest BCUT2D eigenvalue weighted by molar-refractivity contribution is 0.125. The zero-order valence-corrected chi connectivity index (χ0v) is 18.8. The van der Waals surface area contributed by atoms with Crippen LogP contribution in [0.15, 0.2) is 22.5 Å². The molecular weight excluding hydrogens is 366 g/mol. The maximum atomic E-state index is 4.90. The third-order valence-corrected chi connectivity index (χ3v) is 6.99. The van der Waals surface area contributed by atoms with E-state index in [0.717, 1.165) is 25.6 Å². The van der Waals surface area contributed by atoms with Crippen LogP contribution in [0.2, 0.25) is 0 Å². The number of thiophene rings is 1. The van der Waals surface area contributed by atoms with Crippen LogP contribution in [-0.2, 0) is 0 Å². The lowest BCUT2D eigenvalue weighted by atomic mass is 9.88. The van der Waals surface area contributed by atoms with E-state index < -0.39 is 0 Å². The van der Waals surface area contributed by atoms with Crippen LogP contribution in [0.5, 0.6) is 0 Å². The molecule has 28 heavy (non-hydrogen) atoms. The highest BCUT2D eigenvalue weighted by atomic mass is 32.1. The summed E-state index contributed by atoms with van der Waals surface area (Å²) in [6, 6.07) is 5.00. The number of nitrogens with zero attached hydrogens (tertiary/aromatic N) is 3. The molecule has 0 saturated carbocycles. The van der Waals surface area contributed by atoms with Crippen molar-refractivity contribution in [2.75, 3.05) is 52.9 Å². The van der Waals surface area contributed by atoms with Crippen LogP contribution in [0.25, 0.3) is 0 Å². The third-order valence-electron chi connectivity index (χ3n) is 6.05. The van der Waals surface area contributed by atoms with Crippen LogP contribution in [0.3, 0.4) is 0 Å². The lowest BCUT2D eigenvalue weighted by Gasteiger charge is -2.39. The predicted molar refractivity (Wildman–Crippen MR) is 121 cm³/mol. The maximum Gasteiger partial charge on any atom is 0.191 e. The van der Waals surface area contributed by atoms with Gasteiger partial charge in [-0.25, -0.2) is 0 Å². The number of nitrogens with one attached hydrogen (secondary N) is 2. The molecule has 2 aliphatic heterocycles. The van der Waals surface area contributed by atoms with Gasteiger partial charge in [0.05, 0.1) is 0 Å². The molecule has 0 aliphatic carbocycles. The minimum Gasteiger partial charge on any atom is -0.357 e. The van der Waals surface area contributed by atoms with E-state index in [1.807, 2.05) is 11.3 Å². The molecule has 2 N–H and O–H groups in total. The van der Waals surface area contributed by atoms with Crippen LogP contribution >= 0.6 is 11.3 Å². The Labute approximate surface area is 175 Å². The van der Waals surface area contributed by atoms with Crippen molar-refractivity contribution in [1.29, 1.82) is 0 Å². The third kappa shape index (κ3) is 6.19. The smallest absolute Gasteiger partial charge is 0.191 e. The highest BCUT2D eigenvalue weighted by Gasteiger charge is 2.31. The fourth-order valence-corrected chi connectivity index (χ4v) is 5.65. The van der Waals surface area contributed by atoms with Gasteiger partial charge in [-0.05, 0) is 82.6 Å². The second kappa shape index (κ2) is 11.2. The van der Waals surface area contributed by atoms with Gasteiger partial charge in [0.2, 0.25) is 0 Å². The number of guanidine groups is 1. The first-order valence-corrected chi connectivity index (χ1v) is 12.0. The number of hydrogen-bond acceptors (Lipinski definition) is 4. The minimum absolute atomic E-state index is 0.526. The molecule has 5 nitrogen and oxygen atoms in total.